The molecule has 1 fully saturated rings. The lowest BCUT2D eigenvalue weighted by Gasteiger charge is -2.36. The summed E-state index contributed by atoms with van der Waals surface area (Å²) in [6, 6.07) is 6.46. The van der Waals surface area contributed by atoms with Crippen LogP contribution in [0.25, 0.3) is 0 Å². The van der Waals surface area contributed by atoms with Gasteiger partial charge < -0.3 is 15.0 Å². The molecule has 0 aliphatic carbocycles. The van der Waals surface area contributed by atoms with E-state index in [-0.39, 0.29) is 11.7 Å². The van der Waals surface area contributed by atoms with E-state index in [9.17, 15) is 9.18 Å². The van der Waals surface area contributed by atoms with Crippen molar-refractivity contribution < 1.29 is 13.9 Å². The summed E-state index contributed by atoms with van der Waals surface area (Å²) in [5.74, 6) is 0.394. The predicted octanol–water partition coefficient (Wildman–Crippen LogP) is 1.80. The monoisotopic (exact) mass is 280 g/mol. The topological polar surface area (TPSA) is 41.6 Å². The zero-order valence-corrected chi connectivity index (χ0v) is 11.9. The molecule has 0 saturated carbocycles. The van der Waals surface area contributed by atoms with Crippen LogP contribution in [0.1, 0.15) is 20.3 Å². The molecule has 0 aromatic heterocycles. The van der Waals surface area contributed by atoms with E-state index in [1.54, 1.807) is 12.1 Å². The molecule has 2 atom stereocenters. The molecule has 20 heavy (non-hydrogen) atoms. The first kappa shape index (κ1) is 14.8. The molecule has 0 unspecified atom stereocenters. The Labute approximate surface area is 118 Å². The fourth-order valence-electron chi connectivity index (χ4n) is 2.48. The van der Waals surface area contributed by atoms with Gasteiger partial charge in [-0.15, -0.1) is 0 Å². The van der Waals surface area contributed by atoms with E-state index < -0.39 is 0 Å². The molecule has 1 amide bonds. The summed E-state index contributed by atoms with van der Waals surface area (Å²) in [4.78, 5) is 14.0. The Morgan fingerprint density at radius 3 is 2.50 bits per heavy atom. The number of nitrogens with one attached hydrogen (secondary N) is 1. The number of rotatable bonds is 4. The van der Waals surface area contributed by atoms with Crippen LogP contribution in [0.4, 0.5) is 4.39 Å². The van der Waals surface area contributed by atoms with Gasteiger partial charge in [0.1, 0.15) is 11.6 Å². The van der Waals surface area contributed by atoms with Gasteiger partial charge in [-0.25, -0.2) is 4.39 Å². The molecule has 2 rings (SSSR count). The second-order valence-electron chi connectivity index (χ2n) is 5.32. The third kappa shape index (κ3) is 4.20. The highest BCUT2D eigenvalue weighted by Crippen LogP contribution is 2.12. The van der Waals surface area contributed by atoms with E-state index in [0.717, 1.165) is 13.1 Å². The van der Waals surface area contributed by atoms with E-state index in [0.29, 0.717) is 30.9 Å². The predicted molar refractivity (Wildman–Crippen MR) is 75.2 cm³/mol. The molecule has 1 aromatic carbocycles. The first-order valence-electron chi connectivity index (χ1n) is 6.97. The van der Waals surface area contributed by atoms with Crippen LogP contribution in [0.3, 0.4) is 0 Å². The summed E-state index contributed by atoms with van der Waals surface area (Å²) in [6.45, 7) is 5.94. The second kappa shape index (κ2) is 6.70. The molecule has 1 aliphatic heterocycles. The normalized spacial score (nSPS) is 22.6. The number of halogens is 1. The lowest BCUT2D eigenvalue weighted by molar-refractivity contribution is -0.133. The molecule has 4 nitrogen and oxygen atoms in total. The lowest BCUT2D eigenvalue weighted by atomic mass is 10.1. The Balaban J connectivity index is 1.76. The van der Waals surface area contributed by atoms with Crippen LogP contribution in [0.5, 0.6) is 5.75 Å². The first-order valence-corrected chi connectivity index (χ1v) is 6.97. The molecule has 1 aromatic rings. The molecule has 1 heterocycles. The van der Waals surface area contributed by atoms with Gasteiger partial charge in [-0.3, -0.25) is 4.79 Å². The minimum atomic E-state index is -0.294. The summed E-state index contributed by atoms with van der Waals surface area (Å²) in [7, 11) is 0. The van der Waals surface area contributed by atoms with Gasteiger partial charge in [0.15, 0.2) is 0 Å². The van der Waals surface area contributed by atoms with Crippen molar-refractivity contribution in [3.8, 4) is 5.75 Å². The number of ether oxygens (including phenoxy) is 1. The maximum atomic E-state index is 12.7. The molecule has 1 N–H and O–H groups in total. The highest BCUT2D eigenvalue weighted by molar-refractivity contribution is 5.76. The molecular formula is C15H21FN2O2. The van der Waals surface area contributed by atoms with Gasteiger partial charge in [0.25, 0.3) is 0 Å². The average molecular weight is 280 g/mol. The quantitative estimate of drug-likeness (QED) is 0.914. The number of amides is 1. The van der Waals surface area contributed by atoms with Crippen molar-refractivity contribution in [1.29, 1.82) is 0 Å². The fourth-order valence-corrected chi connectivity index (χ4v) is 2.48. The molecular weight excluding hydrogens is 259 g/mol. The van der Waals surface area contributed by atoms with Gasteiger partial charge in [0, 0.05) is 25.2 Å². The summed E-state index contributed by atoms with van der Waals surface area (Å²) < 4.78 is 18.2. The SMILES string of the molecule is C[C@@H]1CN(C(=O)CCOc2ccc(F)cc2)C[C@@H](C)N1. The molecule has 1 aliphatic rings. The second-order valence-corrected chi connectivity index (χ2v) is 5.32. The van der Waals surface area contributed by atoms with Gasteiger partial charge in [-0.05, 0) is 38.1 Å². The Kier molecular flexibility index (Phi) is 4.95. The van der Waals surface area contributed by atoms with Crippen molar-refractivity contribution >= 4 is 5.91 Å². The fraction of sp³-hybridized carbons (Fsp3) is 0.533. The zero-order chi connectivity index (χ0) is 14.5. The number of hydrogen-bond acceptors (Lipinski definition) is 3. The van der Waals surface area contributed by atoms with Crippen LogP contribution in [0.15, 0.2) is 24.3 Å². The number of piperazine rings is 1. The number of hydrogen-bond donors (Lipinski definition) is 1. The van der Waals surface area contributed by atoms with Crippen molar-refractivity contribution in [2.24, 2.45) is 0 Å². The highest BCUT2D eigenvalue weighted by Gasteiger charge is 2.24. The number of benzene rings is 1. The Morgan fingerprint density at radius 1 is 1.30 bits per heavy atom. The van der Waals surface area contributed by atoms with Crippen LogP contribution < -0.4 is 10.1 Å². The van der Waals surface area contributed by atoms with E-state index >= 15 is 0 Å². The summed E-state index contributed by atoms with van der Waals surface area (Å²) in [6.07, 6.45) is 0.344. The molecule has 0 spiro atoms. The van der Waals surface area contributed by atoms with Crippen LogP contribution in [0, 0.1) is 5.82 Å². The summed E-state index contributed by atoms with van der Waals surface area (Å²) in [5.41, 5.74) is 0. The van der Waals surface area contributed by atoms with Crippen LogP contribution in [0.2, 0.25) is 0 Å². The Morgan fingerprint density at radius 2 is 1.90 bits per heavy atom. The van der Waals surface area contributed by atoms with Gasteiger partial charge in [-0.2, -0.15) is 0 Å². The number of nitrogens with zero attached hydrogens (tertiary/aromatic N) is 1. The summed E-state index contributed by atoms with van der Waals surface area (Å²) in [5, 5.41) is 3.39. The maximum Gasteiger partial charge on any atom is 0.226 e. The molecule has 1 saturated heterocycles. The number of carbonyl (C=O) groups excluding carboxylic acids is 1. The third-order valence-corrected chi connectivity index (χ3v) is 3.31. The standard InChI is InChI=1S/C15H21FN2O2/c1-11-9-18(10-12(2)17-11)15(19)7-8-20-14-5-3-13(16)4-6-14/h3-6,11-12,17H,7-10H2,1-2H3/t11-,12-/m1/s1. The Bertz CT molecular complexity index is 440. The molecule has 0 radical (unpaired) electrons. The lowest BCUT2D eigenvalue weighted by Crippen LogP contribution is -2.56. The van der Waals surface area contributed by atoms with Crippen molar-refractivity contribution in [3.63, 3.8) is 0 Å². The maximum absolute atomic E-state index is 12.7. The van der Waals surface area contributed by atoms with E-state index in [4.69, 9.17) is 4.74 Å². The van der Waals surface area contributed by atoms with Crippen molar-refractivity contribution in [1.82, 2.24) is 10.2 Å². The highest BCUT2D eigenvalue weighted by atomic mass is 19.1. The van der Waals surface area contributed by atoms with Crippen molar-refractivity contribution in [2.75, 3.05) is 19.7 Å². The van der Waals surface area contributed by atoms with Gasteiger partial charge in [-0.1, -0.05) is 0 Å². The van der Waals surface area contributed by atoms with Crippen molar-refractivity contribution in [2.45, 2.75) is 32.4 Å². The minimum absolute atomic E-state index is 0.104. The van der Waals surface area contributed by atoms with Crippen LogP contribution in [-0.4, -0.2) is 42.6 Å². The Hall–Kier alpha value is -1.62. The largest absolute Gasteiger partial charge is 0.493 e. The number of carbonyl (C=O) groups is 1. The van der Waals surface area contributed by atoms with Crippen molar-refractivity contribution in [3.05, 3.63) is 30.1 Å². The molecule has 5 heteroatoms. The average Bonchev–Trinajstić information content (AvgIpc) is 2.40. The zero-order valence-electron chi connectivity index (χ0n) is 11.9. The van der Waals surface area contributed by atoms with E-state index in [1.165, 1.54) is 12.1 Å². The summed E-state index contributed by atoms with van der Waals surface area (Å²) >= 11 is 0. The molecule has 0 bridgehead atoms. The van der Waals surface area contributed by atoms with E-state index in [1.807, 2.05) is 4.90 Å². The van der Waals surface area contributed by atoms with Gasteiger partial charge in [0.05, 0.1) is 13.0 Å². The molecule has 110 valence electrons. The minimum Gasteiger partial charge on any atom is -0.493 e. The smallest absolute Gasteiger partial charge is 0.226 e. The third-order valence-electron chi connectivity index (χ3n) is 3.31. The van der Waals surface area contributed by atoms with Gasteiger partial charge in [0.2, 0.25) is 5.91 Å². The first-order chi connectivity index (χ1) is 9.54. The van der Waals surface area contributed by atoms with E-state index in [2.05, 4.69) is 19.2 Å². The van der Waals surface area contributed by atoms with Crippen LogP contribution in [-0.2, 0) is 4.79 Å². The van der Waals surface area contributed by atoms with Gasteiger partial charge >= 0.3 is 0 Å². The van der Waals surface area contributed by atoms with Crippen LogP contribution >= 0.6 is 0 Å².